The number of benzene rings is 3. The zero-order chi connectivity index (χ0) is 24.6. The maximum absolute atomic E-state index is 13.4. The summed E-state index contributed by atoms with van der Waals surface area (Å²) in [5, 5.41) is 2.76. The first-order valence-electron chi connectivity index (χ1n) is 11.7. The molecular formula is C28H29FN2O4. The summed E-state index contributed by atoms with van der Waals surface area (Å²) in [5.41, 5.74) is 2.21. The van der Waals surface area contributed by atoms with Crippen molar-refractivity contribution in [2.45, 2.75) is 19.3 Å². The van der Waals surface area contributed by atoms with Crippen molar-refractivity contribution < 1.29 is 23.5 Å². The average Bonchev–Trinajstić information content (AvgIpc) is 2.88. The van der Waals surface area contributed by atoms with E-state index >= 15 is 0 Å². The van der Waals surface area contributed by atoms with Crippen LogP contribution in [0.2, 0.25) is 0 Å². The maximum atomic E-state index is 13.4. The van der Waals surface area contributed by atoms with E-state index in [4.69, 9.17) is 9.47 Å². The second-order valence-corrected chi connectivity index (χ2v) is 8.66. The molecule has 0 radical (unpaired) electrons. The first kappa shape index (κ1) is 24.3. The molecule has 1 heterocycles. The van der Waals surface area contributed by atoms with E-state index in [0.717, 1.165) is 24.8 Å². The van der Waals surface area contributed by atoms with Crippen LogP contribution in [-0.2, 0) is 11.2 Å². The van der Waals surface area contributed by atoms with E-state index in [1.54, 1.807) is 67.8 Å². The molecule has 0 aliphatic carbocycles. The number of amides is 2. The summed E-state index contributed by atoms with van der Waals surface area (Å²) in [7, 11) is 1.57. The molecule has 0 atom stereocenters. The molecule has 0 aromatic heterocycles. The van der Waals surface area contributed by atoms with Gasteiger partial charge < -0.3 is 19.7 Å². The average molecular weight is 477 g/mol. The third kappa shape index (κ3) is 6.82. The summed E-state index contributed by atoms with van der Waals surface area (Å²) in [4.78, 5) is 26.9. The Hall–Kier alpha value is -3.87. The summed E-state index contributed by atoms with van der Waals surface area (Å²) < 4.78 is 24.1. The fourth-order valence-corrected chi connectivity index (χ4v) is 4.26. The topological polar surface area (TPSA) is 67.9 Å². The van der Waals surface area contributed by atoms with Crippen molar-refractivity contribution in [1.29, 1.82) is 0 Å². The zero-order valence-corrected chi connectivity index (χ0v) is 19.7. The molecule has 1 saturated heterocycles. The van der Waals surface area contributed by atoms with Gasteiger partial charge in [0.05, 0.1) is 7.11 Å². The lowest BCUT2D eigenvalue weighted by molar-refractivity contribution is -0.118. The van der Waals surface area contributed by atoms with Crippen molar-refractivity contribution in [3.05, 3.63) is 89.7 Å². The number of ether oxygens (including phenoxy) is 2. The van der Waals surface area contributed by atoms with Gasteiger partial charge in [-0.05, 0) is 79.3 Å². The Kier molecular flexibility index (Phi) is 7.98. The minimum absolute atomic E-state index is 0.0171. The van der Waals surface area contributed by atoms with Gasteiger partial charge >= 0.3 is 0 Å². The van der Waals surface area contributed by atoms with Gasteiger partial charge in [-0.25, -0.2) is 4.39 Å². The molecule has 7 heteroatoms. The van der Waals surface area contributed by atoms with Gasteiger partial charge in [0.25, 0.3) is 11.8 Å². The highest BCUT2D eigenvalue weighted by molar-refractivity contribution is 5.94. The monoisotopic (exact) mass is 476 g/mol. The first-order chi connectivity index (χ1) is 17.0. The summed E-state index contributed by atoms with van der Waals surface area (Å²) in [6, 6.07) is 20.6. The minimum atomic E-state index is -0.292. The Morgan fingerprint density at radius 1 is 0.971 bits per heavy atom. The number of methoxy groups -OCH3 is 1. The van der Waals surface area contributed by atoms with Crippen molar-refractivity contribution >= 4 is 17.5 Å². The van der Waals surface area contributed by atoms with Crippen molar-refractivity contribution in [2.75, 3.05) is 32.1 Å². The van der Waals surface area contributed by atoms with E-state index in [1.165, 1.54) is 6.07 Å². The Morgan fingerprint density at radius 2 is 1.71 bits per heavy atom. The van der Waals surface area contributed by atoms with Crippen LogP contribution < -0.4 is 14.8 Å². The molecular weight excluding hydrogens is 447 g/mol. The fraction of sp³-hybridized carbons (Fsp3) is 0.286. The number of anilines is 1. The van der Waals surface area contributed by atoms with Crippen molar-refractivity contribution in [1.82, 2.24) is 4.90 Å². The predicted octanol–water partition coefficient (Wildman–Crippen LogP) is 4.95. The molecule has 0 spiro atoms. The molecule has 0 unspecified atom stereocenters. The van der Waals surface area contributed by atoms with Crippen LogP contribution in [-0.4, -0.2) is 43.5 Å². The minimum Gasteiger partial charge on any atom is -0.497 e. The van der Waals surface area contributed by atoms with Gasteiger partial charge in [-0.3, -0.25) is 9.59 Å². The summed E-state index contributed by atoms with van der Waals surface area (Å²) in [6.45, 7) is 1.21. The highest BCUT2D eigenvalue weighted by Gasteiger charge is 2.24. The molecule has 6 nitrogen and oxygen atoms in total. The molecule has 1 N–H and O–H groups in total. The van der Waals surface area contributed by atoms with Crippen LogP contribution in [0, 0.1) is 11.7 Å². The molecule has 0 saturated carbocycles. The number of piperidine rings is 1. The lowest BCUT2D eigenvalue weighted by atomic mass is 9.90. The van der Waals surface area contributed by atoms with E-state index in [0.29, 0.717) is 41.8 Å². The Morgan fingerprint density at radius 3 is 2.43 bits per heavy atom. The number of carbonyl (C=O) groups is 2. The highest BCUT2D eigenvalue weighted by Crippen LogP contribution is 2.24. The molecule has 1 aliphatic heterocycles. The van der Waals surface area contributed by atoms with Crippen LogP contribution in [0.1, 0.15) is 28.8 Å². The van der Waals surface area contributed by atoms with Crippen LogP contribution in [0.25, 0.3) is 0 Å². The van der Waals surface area contributed by atoms with Crippen molar-refractivity contribution in [2.24, 2.45) is 5.92 Å². The van der Waals surface area contributed by atoms with Crippen molar-refractivity contribution in [3.8, 4) is 11.5 Å². The Balaban J connectivity index is 1.23. The molecule has 35 heavy (non-hydrogen) atoms. The molecule has 2 amide bonds. The van der Waals surface area contributed by atoms with Crippen LogP contribution in [0.5, 0.6) is 11.5 Å². The number of nitrogens with zero attached hydrogens (tertiary/aromatic N) is 1. The van der Waals surface area contributed by atoms with Crippen LogP contribution in [0.3, 0.4) is 0 Å². The van der Waals surface area contributed by atoms with E-state index in [-0.39, 0.29) is 24.2 Å². The van der Waals surface area contributed by atoms with E-state index in [9.17, 15) is 14.0 Å². The number of carbonyl (C=O) groups excluding carboxylic acids is 2. The molecule has 182 valence electrons. The second kappa shape index (κ2) is 11.5. The first-order valence-corrected chi connectivity index (χ1v) is 11.7. The second-order valence-electron chi connectivity index (χ2n) is 8.66. The zero-order valence-electron chi connectivity index (χ0n) is 19.7. The number of halogens is 1. The smallest absolute Gasteiger partial charge is 0.262 e. The predicted molar refractivity (Wildman–Crippen MR) is 132 cm³/mol. The Bertz CT molecular complexity index is 1160. The van der Waals surface area contributed by atoms with E-state index < -0.39 is 0 Å². The lowest BCUT2D eigenvalue weighted by Gasteiger charge is -2.32. The lowest BCUT2D eigenvalue weighted by Crippen LogP contribution is -2.38. The molecule has 0 bridgehead atoms. The van der Waals surface area contributed by atoms with Crippen LogP contribution in [0.4, 0.5) is 10.1 Å². The fourth-order valence-electron chi connectivity index (χ4n) is 4.26. The van der Waals surface area contributed by atoms with Crippen LogP contribution in [0.15, 0.2) is 72.8 Å². The molecule has 1 aliphatic rings. The van der Waals surface area contributed by atoms with Gasteiger partial charge in [0.15, 0.2) is 6.61 Å². The number of hydrogen-bond acceptors (Lipinski definition) is 4. The van der Waals surface area contributed by atoms with Gasteiger partial charge in [-0.2, -0.15) is 0 Å². The summed E-state index contributed by atoms with van der Waals surface area (Å²) in [6.07, 6.45) is 2.62. The van der Waals surface area contributed by atoms with Gasteiger partial charge in [-0.1, -0.05) is 18.2 Å². The van der Waals surface area contributed by atoms with Gasteiger partial charge in [0, 0.05) is 30.4 Å². The molecule has 3 aromatic rings. The van der Waals surface area contributed by atoms with E-state index in [1.807, 2.05) is 11.0 Å². The summed E-state index contributed by atoms with van der Waals surface area (Å²) in [5.74, 6) is 1.09. The molecule has 4 rings (SSSR count). The number of rotatable bonds is 8. The summed E-state index contributed by atoms with van der Waals surface area (Å²) >= 11 is 0. The normalized spacial score (nSPS) is 13.8. The SMILES string of the molecule is COc1cccc(NC(=O)COc2ccc(C(=O)N3CCC(Cc4cccc(F)c4)CC3)cc2)c1. The molecule has 1 fully saturated rings. The Labute approximate surface area is 204 Å². The number of likely N-dealkylation sites (tertiary alicyclic amines) is 1. The largest absolute Gasteiger partial charge is 0.497 e. The van der Waals surface area contributed by atoms with E-state index in [2.05, 4.69) is 5.32 Å². The maximum Gasteiger partial charge on any atom is 0.262 e. The van der Waals surface area contributed by atoms with Crippen molar-refractivity contribution in [3.63, 3.8) is 0 Å². The standard InChI is InChI=1S/C28H29FN2O4/c1-34-26-7-3-6-24(18-26)30-27(32)19-35-25-10-8-22(9-11-25)28(33)31-14-12-20(13-15-31)16-21-4-2-5-23(29)17-21/h2-11,17-18,20H,12-16,19H2,1H3,(H,30,32). The quantitative estimate of drug-likeness (QED) is 0.500. The number of nitrogens with one attached hydrogen (secondary N) is 1. The van der Waals surface area contributed by atoms with Gasteiger partial charge in [-0.15, -0.1) is 0 Å². The molecule has 3 aromatic carbocycles. The number of hydrogen-bond donors (Lipinski definition) is 1. The van der Waals surface area contributed by atoms with Gasteiger partial charge in [0.1, 0.15) is 17.3 Å². The van der Waals surface area contributed by atoms with Gasteiger partial charge in [0.2, 0.25) is 0 Å². The third-order valence-electron chi connectivity index (χ3n) is 6.14. The third-order valence-corrected chi connectivity index (χ3v) is 6.14. The highest BCUT2D eigenvalue weighted by atomic mass is 19.1. The van der Waals surface area contributed by atoms with Crippen LogP contribution >= 0.6 is 0 Å².